The van der Waals surface area contributed by atoms with Crippen LogP contribution in [0, 0.1) is 0 Å². The van der Waals surface area contributed by atoms with Crippen molar-refractivity contribution in [3.63, 3.8) is 0 Å². The van der Waals surface area contributed by atoms with Gasteiger partial charge < -0.3 is 18.3 Å². The van der Waals surface area contributed by atoms with Gasteiger partial charge in [-0.1, -0.05) is 133 Å². The molecule has 0 spiro atoms. The van der Waals surface area contributed by atoms with Gasteiger partial charge >= 0.3 is 0 Å². The minimum Gasteiger partial charge on any atom is -0.343 e. The van der Waals surface area contributed by atoms with E-state index in [1.165, 1.54) is 151 Å². The van der Waals surface area contributed by atoms with Gasteiger partial charge in [-0.3, -0.25) is 0 Å². The lowest BCUT2D eigenvalue weighted by Crippen LogP contribution is -2.04. The van der Waals surface area contributed by atoms with Gasteiger partial charge in [-0.15, -0.1) is 23.5 Å². The highest BCUT2D eigenvalue weighted by atomic mass is 32.2. The maximum absolute atomic E-state index is 2.56. The number of fused-ring (bicyclic) bond motifs is 21. The molecule has 6 heterocycles. The zero-order valence-corrected chi connectivity index (χ0v) is 39.6. The fourth-order valence-corrected chi connectivity index (χ4v) is 15.8. The molecule has 4 nitrogen and oxygen atoms in total. The Morgan fingerprint density at radius 2 is 0.691 bits per heavy atom. The lowest BCUT2D eigenvalue weighted by molar-refractivity contribution is 1.01. The molecule has 0 aliphatic carbocycles. The lowest BCUT2D eigenvalue weighted by atomic mass is 9.99. The number of hydrogen-bond donors (Lipinski definition) is 0. The average Bonchev–Trinajstić information content (AvgIpc) is 4.21. The smallest absolute Gasteiger partial charge is 0.0568 e. The first-order valence-corrected chi connectivity index (χ1v) is 25.4. The number of thioether (sulfide) groups is 2. The molecule has 0 fully saturated rings. The van der Waals surface area contributed by atoms with Crippen molar-refractivity contribution in [3.8, 4) is 0 Å². The normalized spacial score (nSPS) is 16.6. The number of aromatic nitrogens is 4. The van der Waals surface area contributed by atoms with Gasteiger partial charge in [0.15, 0.2) is 0 Å². The molecule has 0 radical (unpaired) electrons. The van der Waals surface area contributed by atoms with E-state index in [1.54, 1.807) is 0 Å². The SMILES string of the molecule is Cn1c2cc3c4ccc5cc(C6=CC7SC(c8cc9c%10cc%11c(cc%10n(C)c9c9ccccc89)c8ccc9ccccc9c8n%11C)=CC7S6)ccc5c4n(C)c3cc2c2ccc3ccccc3c21. The zero-order valence-electron chi connectivity index (χ0n) is 37.9. The Kier molecular flexibility index (Phi) is 7.31. The highest BCUT2D eigenvalue weighted by Gasteiger charge is 2.35. The van der Waals surface area contributed by atoms with Crippen molar-refractivity contribution in [2.24, 2.45) is 28.2 Å². The van der Waals surface area contributed by atoms with Gasteiger partial charge in [0.25, 0.3) is 0 Å². The van der Waals surface area contributed by atoms with Crippen molar-refractivity contribution in [2.75, 3.05) is 0 Å². The Balaban J connectivity index is 0.765. The summed E-state index contributed by atoms with van der Waals surface area (Å²) >= 11 is 4.07. The van der Waals surface area contributed by atoms with Crippen LogP contribution in [0.4, 0.5) is 0 Å². The number of hydrogen-bond acceptors (Lipinski definition) is 2. The maximum atomic E-state index is 2.56. The van der Waals surface area contributed by atoms with E-state index in [9.17, 15) is 0 Å². The first-order valence-electron chi connectivity index (χ1n) is 23.6. The molecule has 0 bridgehead atoms. The summed E-state index contributed by atoms with van der Waals surface area (Å²) < 4.78 is 9.67. The molecule has 14 aromatic rings. The van der Waals surface area contributed by atoms with Crippen LogP contribution in [-0.4, -0.2) is 28.8 Å². The molecule has 0 saturated heterocycles. The van der Waals surface area contributed by atoms with Gasteiger partial charge in [0.2, 0.25) is 0 Å². The van der Waals surface area contributed by atoms with Crippen molar-refractivity contribution in [2.45, 2.75) is 10.5 Å². The first-order chi connectivity index (χ1) is 33.4. The number of benzene rings is 10. The van der Waals surface area contributed by atoms with Crippen molar-refractivity contribution in [1.82, 2.24) is 18.3 Å². The molecule has 0 amide bonds. The standard InChI is InChI=1S/C62H42N4S2/c1-63-51-28-46-44-24-19-35-25-36(20-21-39(35)61(44)65(3)52(46)27-45(51)42-22-17-33-11-5-7-13-37(33)59(42)63)55-31-57-58(67-55)32-56(68-57)49-26-50-48-30-53-47(29-54(48)66(4)62(50)41-16-10-9-15-40(41)49)43-23-18-34-12-6-8-14-38(34)60(43)64(53)2/h5-32,57-58H,1-4H3. The minimum atomic E-state index is 0.386. The van der Waals surface area contributed by atoms with E-state index in [-0.39, 0.29) is 0 Å². The molecular weight excluding hydrogens is 865 g/mol. The van der Waals surface area contributed by atoms with Crippen LogP contribution in [0.5, 0.6) is 0 Å². The first kappa shape index (κ1) is 37.7. The summed E-state index contributed by atoms with van der Waals surface area (Å²) in [5, 5.41) is 21.6. The van der Waals surface area contributed by atoms with Gasteiger partial charge in [-0.2, -0.15) is 0 Å². The van der Waals surface area contributed by atoms with Crippen LogP contribution in [0.3, 0.4) is 0 Å². The van der Waals surface area contributed by atoms with Crippen LogP contribution in [0.15, 0.2) is 170 Å². The molecule has 2 atom stereocenters. The van der Waals surface area contributed by atoms with Crippen LogP contribution in [0.25, 0.3) is 140 Å². The van der Waals surface area contributed by atoms with Crippen molar-refractivity contribution in [1.29, 1.82) is 0 Å². The van der Waals surface area contributed by atoms with Gasteiger partial charge in [-0.25, -0.2) is 0 Å². The van der Waals surface area contributed by atoms with Crippen LogP contribution in [0.2, 0.25) is 0 Å². The van der Waals surface area contributed by atoms with Crippen molar-refractivity contribution in [3.05, 3.63) is 181 Å². The molecule has 16 rings (SSSR count). The molecular formula is C62H42N4S2. The molecule has 2 aliphatic rings. The van der Waals surface area contributed by atoms with Crippen LogP contribution in [-0.2, 0) is 28.2 Å². The molecule has 4 aromatic heterocycles. The summed E-state index contributed by atoms with van der Waals surface area (Å²) in [5.74, 6) is 0. The third kappa shape index (κ3) is 4.79. The van der Waals surface area contributed by atoms with E-state index in [1.807, 2.05) is 23.5 Å². The van der Waals surface area contributed by atoms with Gasteiger partial charge in [0.1, 0.15) is 0 Å². The monoisotopic (exact) mass is 906 g/mol. The summed E-state index contributed by atoms with van der Waals surface area (Å²) in [6.45, 7) is 0. The van der Waals surface area contributed by atoms with Crippen molar-refractivity contribution < 1.29 is 0 Å². The topological polar surface area (TPSA) is 19.7 Å². The lowest BCUT2D eigenvalue weighted by Gasteiger charge is -2.11. The number of aryl methyl sites for hydroxylation is 4. The Labute approximate surface area is 399 Å². The summed E-state index contributed by atoms with van der Waals surface area (Å²) in [5.41, 5.74) is 13.0. The van der Waals surface area contributed by atoms with E-state index >= 15 is 0 Å². The van der Waals surface area contributed by atoms with E-state index in [4.69, 9.17) is 0 Å². The van der Waals surface area contributed by atoms with Crippen molar-refractivity contribution >= 4 is 164 Å². The Morgan fingerprint density at radius 3 is 1.24 bits per heavy atom. The average molecular weight is 907 g/mol. The van der Waals surface area contributed by atoms with E-state index in [0.29, 0.717) is 10.5 Å². The predicted molar refractivity (Wildman–Crippen MR) is 298 cm³/mol. The molecule has 322 valence electrons. The Bertz CT molecular complexity index is 4740. The predicted octanol–water partition coefficient (Wildman–Crippen LogP) is 16.5. The largest absolute Gasteiger partial charge is 0.343 e. The van der Waals surface area contributed by atoms with Crippen LogP contribution >= 0.6 is 23.5 Å². The molecule has 6 heteroatoms. The third-order valence-corrected chi connectivity index (χ3v) is 18.8. The molecule has 2 aliphatic heterocycles. The molecule has 0 saturated carbocycles. The highest BCUT2D eigenvalue weighted by Crippen LogP contribution is 2.55. The summed E-state index contributed by atoms with van der Waals surface area (Å²) in [4.78, 5) is 2.77. The minimum absolute atomic E-state index is 0.386. The second-order valence-corrected chi connectivity index (χ2v) is 21.8. The fourth-order valence-electron chi connectivity index (χ4n) is 12.8. The van der Waals surface area contributed by atoms with Gasteiger partial charge in [0.05, 0.1) is 22.1 Å². The van der Waals surface area contributed by atoms with Gasteiger partial charge in [0, 0.05) is 135 Å². The second kappa shape index (κ2) is 13.2. The summed E-state index contributed by atoms with van der Waals surface area (Å²) in [6.07, 6.45) is 5.10. The quantitative estimate of drug-likeness (QED) is 0.172. The molecule has 68 heavy (non-hydrogen) atoms. The summed E-state index contributed by atoms with van der Waals surface area (Å²) in [6, 6.07) is 59.8. The number of rotatable bonds is 2. The van der Waals surface area contributed by atoms with E-state index in [2.05, 4.69) is 216 Å². The van der Waals surface area contributed by atoms with E-state index < -0.39 is 0 Å². The molecule has 0 N–H and O–H groups in total. The Morgan fingerprint density at radius 1 is 0.309 bits per heavy atom. The maximum Gasteiger partial charge on any atom is 0.0568 e. The van der Waals surface area contributed by atoms with E-state index in [0.717, 1.165) is 0 Å². The molecule has 10 aromatic carbocycles. The van der Waals surface area contributed by atoms with Crippen LogP contribution in [0.1, 0.15) is 11.1 Å². The van der Waals surface area contributed by atoms with Crippen LogP contribution < -0.4 is 0 Å². The zero-order chi connectivity index (χ0) is 44.8. The summed E-state index contributed by atoms with van der Waals surface area (Å²) in [7, 11) is 8.95. The highest BCUT2D eigenvalue weighted by molar-refractivity contribution is 8.14. The van der Waals surface area contributed by atoms with Gasteiger partial charge in [-0.05, 0) is 69.1 Å². The fraction of sp³-hybridized carbons (Fsp3) is 0.0968. The Hall–Kier alpha value is -7.38. The second-order valence-electron chi connectivity index (χ2n) is 19.4. The third-order valence-electron chi connectivity index (χ3n) is 16.0. The molecule has 2 unspecified atom stereocenters. The number of nitrogens with zero attached hydrogens (tertiary/aromatic N) is 4.